The molecule has 2 heteroatoms. The maximum atomic E-state index is 3.61. The summed E-state index contributed by atoms with van der Waals surface area (Å²) < 4.78 is 0. The van der Waals surface area contributed by atoms with Crippen molar-refractivity contribution in [3.63, 3.8) is 0 Å². The maximum Gasteiger partial charge on any atom is -0.00187 e. The zero-order chi connectivity index (χ0) is 10.9. The summed E-state index contributed by atoms with van der Waals surface area (Å²) in [5.74, 6) is 0.937. The molecule has 0 saturated carbocycles. The molecule has 0 atom stereocenters. The highest BCUT2D eigenvalue weighted by Gasteiger charge is 2.15. The van der Waals surface area contributed by atoms with Gasteiger partial charge in [-0.2, -0.15) is 0 Å². The lowest BCUT2D eigenvalue weighted by Gasteiger charge is -2.29. The zero-order valence-corrected chi connectivity index (χ0v) is 10.6. The predicted molar refractivity (Wildman–Crippen MR) is 67.2 cm³/mol. The summed E-state index contributed by atoms with van der Waals surface area (Å²) in [6, 6.07) is 0. The van der Waals surface area contributed by atoms with E-state index in [4.69, 9.17) is 0 Å². The lowest BCUT2D eigenvalue weighted by molar-refractivity contribution is 0.216. The van der Waals surface area contributed by atoms with E-state index in [0.717, 1.165) is 5.92 Å². The third-order valence-corrected chi connectivity index (χ3v) is 3.48. The fourth-order valence-corrected chi connectivity index (χ4v) is 2.25. The number of hydrogen-bond acceptors (Lipinski definition) is 2. The SMILES string of the molecule is CCCCCCNCC1CCN(C)CC1. The molecule has 1 aliphatic rings. The van der Waals surface area contributed by atoms with Crippen LogP contribution in [-0.2, 0) is 0 Å². The van der Waals surface area contributed by atoms with Crippen molar-refractivity contribution in [2.75, 3.05) is 33.2 Å². The molecule has 0 aromatic rings. The van der Waals surface area contributed by atoms with E-state index in [-0.39, 0.29) is 0 Å². The van der Waals surface area contributed by atoms with Crippen molar-refractivity contribution in [3.8, 4) is 0 Å². The van der Waals surface area contributed by atoms with Crippen molar-refractivity contribution in [1.29, 1.82) is 0 Å². The molecule has 0 aromatic heterocycles. The van der Waals surface area contributed by atoms with Crippen molar-refractivity contribution in [2.24, 2.45) is 5.92 Å². The normalized spacial score (nSPS) is 19.6. The third kappa shape index (κ3) is 6.16. The van der Waals surface area contributed by atoms with E-state index >= 15 is 0 Å². The fraction of sp³-hybridized carbons (Fsp3) is 1.00. The van der Waals surface area contributed by atoms with Gasteiger partial charge in [0.25, 0.3) is 0 Å². The number of rotatable bonds is 7. The first-order valence-electron chi connectivity index (χ1n) is 6.72. The van der Waals surface area contributed by atoms with Crippen molar-refractivity contribution >= 4 is 0 Å². The Morgan fingerprint density at radius 3 is 2.53 bits per heavy atom. The molecule has 1 heterocycles. The molecule has 2 nitrogen and oxygen atoms in total. The van der Waals surface area contributed by atoms with Crippen LogP contribution in [0.5, 0.6) is 0 Å². The van der Waals surface area contributed by atoms with Gasteiger partial charge in [0.15, 0.2) is 0 Å². The van der Waals surface area contributed by atoms with E-state index in [2.05, 4.69) is 24.2 Å². The van der Waals surface area contributed by atoms with Crippen molar-refractivity contribution in [1.82, 2.24) is 10.2 Å². The number of unbranched alkanes of at least 4 members (excludes halogenated alkanes) is 3. The molecule has 1 fully saturated rings. The van der Waals surface area contributed by atoms with Crippen LogP contribution >= 0.6 is 0 Å². The Kier molecular flexibility index (Phi) is 7.03. The predicted octanol–water partition coefficient (Wildman–Crippen LogP) is 2.50. The number of hydrogen-bond donors (Lipinski definition) is 1. The Labute approximate surface area is 95.4 Å². The molecule has 1 aliphatic heterocycles. The molecular formula is C13H28N2. The largest absolute Gasteiger partial charge is 0.316 e. The molecule has 0 amide bonds. The second-order valence-electron chi connectivity index (χ2n) is 5.01. The van der Waals surface area contributed by atoms with Gasteiger partial charge in [0.1, 0.15) is 0 Å². The standard InChI is InChI=1S/C13H28N2/c1-3-4-5-6-9-14-12-13-7-10-15(2)11-8-13/h13-14H,3-12H2,1-2H3. The molecule has 1 saturated heterocycles. The van der Waals surface area contributed by atoms with Gasteiger partial charge in [0.05, 0.1) is 0 Å². The van der Waals surface area contributed by atoms with Gasteiger partial charge in [-0.05, 0) is 58.4 Å². The first kappa shape index (κ1) is 13.0. The highest BCUT2D eigenvalue weighted by Crippen LogP contribution is 2.14. The second kappa shape index (κ2) is 8.12. The first-order chi connectivity index (χ1) is 7.33. The summed E-state index contributed by atoms with van der Waals surface area (Å²) in [7, 11) is 2.23. The monoisotopic (exact) mass is 212 g/mol. The quantitative estimate of drug-likeness (QED) is 0.652. The molecule has 1 N–H and O–H groups in total. The van der Waals surface area contributed by atoms with E-state index in [9.17, 15) is 0 Å². The average molecular weight is 212 g/mol. The van der Waals surface area contributed by atoms with Gasteiger partial charge in [-0.3, -0.25) is 0 Å². The number of likely N-dealkylation sites (tertiary alicyclic amines) is 1. The number of piperidine rings is 1. The first-order valence-corrected chi connectivity index (χ1v) is 6.72. The molecular weight excluding hydrogens is 184 g/mol. The zero-order valence-electron chi connectivity index (χ0n) is 10.6. The van der Waals surface area contributed by atoms with Gasteiger partial charge in [0, 0.05) is 0 Å². The highest BCUT2D eigenvalue weighted by atomic mass is 15.1. The lowest BCUT2D eigenvalue weighted by atomic mass is 9.97. The summed E-state index contributed by atoms with van der Waals surface area (Å²) in [5.41, 5.74) is 0. The Morgan fingerprint density at radius 1 is 1.13 bits per heavy atom. The molecule has 0 bridgehead atoms. The van der Waals surface area contributed by atoms with Crippen molar-refractivity contribution in [3.05, 3.63) is 0 Å². The summed E-state index contributed by atoms with van der Waals surface area (Å²) in [6.45, 7) is 7.34. The summed E-state index contributed by atoms with van der Waals surface area (Å²) in [5, 5.41) is 3.61. The van der Waals surface area contributed by atoms with Gasteiger partial charge in [-0.15, -0.1) is 0 Å². The third-order valence-electron chi connectivity index (χ3n) is 3.48. The Morgan fingerprint density at radius 2 is 1.87 bits per heavy atom. The van der Waals surface area contributed by atoms with E-state index in [1.807, 2.05) is 0 Å². The smallest absolute Gasteiger partial charge is 0.00187 e. The van der Waals surface area contributed by atoms with Crippen LogP contribution in [0.2, 0.25) is 0 Å². The van der Waals surface area contributed by atoms with Gasteiger partial charge < -0.3 is 10.2 Å². The second-order valence-corrected chi connectivity index (χ2v) is 5.01. The summed E-state index contributed by atoms with van der Waals surface area (Å²) in [6.07, 6.45) is 8.28. The van der Waals surface area contributed by atoms with E-state index in [1.54, 1.807) is 0 Å². The topological polar surface area (TPSA) is 15.3 Å². The Balaban J connectivity index is 1.87. The summed E-state index contributed by atoms with van der Waals surface area (Å²) >= 11 is 0. The van der Waals surface area contributed by atoms with E-state index in [0.29, 0.717) is 0 Å². The molecule has 0 aliphatic carbocycles. The van der Waals surface area contributed by atoms with Crippen LogP contribution in [0, 0.1) is 5.92 Å². The molecule has 90 valence electrons. The van der Waals surface area contributed by atoms with Crippen LogP contribution in [0.1, 0.15) is 45.4 Å². The maximum absolute atomic E-state index is 3.61. The van der Waals surface area contributed by atoms with Gasteiger partial charge >= 0.3 is 0 Å². The molecule has 15 heavy (non-hydrogen) atoms. The van der Waals surface area contributed by atoms with Crippen LogP contribution in [-0.4, -0.2) is 38.1 Å². The van der Waals surface area contributed by atoms with Crippen molar-refractivity contribution < 1.29 is 0 Å². The number of nitrogens with one attached hydrogen (secondary N) is 1. The van der Waals surface area contributed by atoms with Gasteiger partial charge in [0.2, 0.25) is 0 Å². The molecule has 0 unspecified atom stereocenters. The Hall–Kier alpha value is -0.0800. The van der Waals surface area contributed by atoms with Crippen LogP contribution in [0.4, 0.5) is 0 Å². The minimum absolute atomic E-state index is 0.937. The minimum atomic E-state index is 0.937. The average Bonchev–Trinajstić information content (AvgIpc) is 2.26. The van der Waals surface area contributed by atoms with Crippen molar-refractivity contribution in [2.45, 2.75) is 45.4 Å². The van der Waals surface area contributed by atoms with Crippen LogP contribution in [0.15, 0.2) is 0 Å². The van der Waals surface area contributed by atoms with E-state index < -0.39 is 0 Å². The van der Waals surface area contributed by atoms with Crippen LogP contribution in [0.25, 0.3) is 0 Å². The highest BCUT2D eigenvalue weighted by molar-refractivity contribution is 4.71. The van der Waals surface area contributed by atoms with E-state index in [1.165, 1.54) is 64.7 Å². The minimum Gasteiger partial charge on any atom is -0.316 e. The van der Waals surface area contributed by atoms with Crippen LogP contribution in [0.3, 0.4) is 0 Å². The fourth-order valence-electron chi connectivity index (χ4n) is 2.25. The van der Waals surface area contributed by atoms with Gasteiger partial charge in [-0.1, -0.05) is 26.2 Å². The molecule has 0 aromatic carbocycles. The molecule has 0 radical (unpaired) electrons. The van der Waals surface area contributed by atoms with Crippen LogP contribution < -0.4 is 5.32 Å². The number of nitrogens with zero attached hydrogens (tertiary/aromatic N) is 1. The molecule has 1 rings (SSSR count). The lowest BCUT2D eigenvalue weighted by Crippen LogP contribution is -2.35. The Bertz CT molecular complexity index is 139. The van der Waals surface area contributed by atoms with Gasteiger partial charge in [-0.25, -0.2) is 0 Å². The summed E-state index contributed by atoms with van der Waals surface area (Å²) in [4.78, 5) is 2.44. The molecule has 0 spiro atoms.